The van der Waals surface area contributed by atoms with Gasteiger partial charge in [-0.05, 0) is 54.1 Å². The smallest absolute Gasteiger partial charge is 0.251 e. The number of hydrogen-bond donors (Lipinski definition) is 2. The highest BCUT2D eigenvalue weighted by atomic mass is 35.5. The molecule has 8 heteroatoms. The number of hydrogen-bond acceptors (Lipinski definition) is 4. The van der Waals surface area contributed by atoms with Crippen molar-refractivity contribution in [2.24, 2.45) is 0 Å². The van der Waals surface area contributed by atoms with Crippen molar-refractivity contribution in [3.8, 4) is 5.75 Å². The van der Waals surface area contributed by atoms with Crippen molar-refractivity contribution in [3.63, 3.8) is 0 Å². The zero-order valence-electron chi connectivity index (χ0n) is 18.3. The third-order valence-corrected chi connectivity index (χ3v) is 5.68. The van der Waals surface area contributed by atoms with Crippen LogP contribution >= 0.6 is 11.6 Å². The molecular weight excluding hydrogens is 454 g/mol. The first-order valence-corrected chi connectivity index (χ1v) is 10.9. The van der Waals surface area contributed by atoms with Gasteiger partial charge in [-0.2, -0.15) is 0 Å². The summed E-state index contributed by atoms with van der Waals surface area (Å²) in [7, 11) is 1.55. The third-order valence-electron chi connectivity index (χ3n) is 5.34. The molecule has 34 heavy (non-hydrogen) atoms. The maximum atomic E-state index is 13.3. The van der Waals surface area contributed by atoms with E-state index in [2.05, 4.69) is 10.6 Å². The molecule has 0 aromatic heterocycles. The molecule has 172 valence electrons. The number of anilines is 3. The first kappa shape index (κ1) is 23.1. The van der Waals surface area contributed by atoms with E-state index in [1.54, 1.807) is 79.9 Å². The Labute approximate surface area is 202 Å². The summed E-state index contributed by atoms with van der Waals surface area (Å²) in [6.07, 6.45) is 2.72. The van der Waals surface area contributed by atoms with Crippen LogP contribution in [0.2, 0.25) is 5.02 Å². The zero-order valence-corrected chi connectivity index (χ0v) is 19.1. The number of amides is 3. The number of carbonyl (C=O) groups is 3. The Morgan fingerprint density at radius 2 is 1.76 bits per heavy atom. The molecule has 0 aliphatic carbocycles. The lowest BCUT2D eigenvalue weighted by Crippen LogP contribution is -2.52. The van der Waals surface area contributed by atoms with Crippen LogP contribution in [-0.4, -0.2) is 30.9 Å². The van der Waals surface area contributed by atoms with Crippen LogP contribution in [0, 0.1) is 0 Å². The molecule has 0 bridgehead atoms. The van der Waals surface area contributed by atoms with E-state index in [9.17, 15) is 14.4 Å². The molecule has 0 spiro atoms. The Morgan fingerprint density at radius 3 is 2.50 bits per heavy atom. The van der Waals surface area contributed by atoms with Gasteiger partial charge in [0.2, 0.25) is 11.8 Å². The lowest BCUT2D eigenvalue weighted by atomic mass is 10.0. The predicted octanol–water partition coefficient (Wildman–Crippen LogP) is 4.74. The topological polar surface area (TPSA) is 87.7 Å². The summed E-state index contributed by atoms with van der Waals surface area (Å²) < 4.78 is 5.12. The lowest BCUT2D eigenvalue weighted by molar-refractivity contribution is -0.124. The van der Waals surface area contributed by atoms with Crippen molar-refractivity contribution in [2.45, 2.75) is 12.5 Å². The van der Waals surface area contributed by atoms with E-state index in [0.717, 1.165) is 0 Å². The summed E-state index contributed by atoms with van der Waals surface area (Å²) in [6.45, 7) is 0. The van der Waals surface area contributed by atoms with E-state index in [1.165, 1.54) is 11.0 Å². The lowest BCUT2D eigenvalue weighted by Gasteiger charge is -2.35. The highest BCUT2D eigenvalue weighted by Gasteiger charge is 2.37. The number of para-hydroxylation sites is 2. The van der Waals surface area contributed by atoms with E-state index < -0.39 is 23.8 Å². The number of rotatable bonds is 6. The molecule has 3 aromatic carbocycles. The van der Waals surface area contributed by atoms with Gasteiger partial charge in [0.15, 0.2) is 0 Å². The van der Waals surface area contributed by atoms with Gasteiger partial charge in [-0.15, -0.1) is 0 Å². The summed E-state index contributed by atoms with van der Waals surface area (Å²) in [5.74, 6) is -0.631. The zero-order chi connectivity index (χ0) is 24.1. The van der Waals surface area contributed by atoms with Crippen molar-refractivity contribution in [2.75, 3.05) is 22.6 Å². The molecule has 1 heterocycles. The second-order valence-corrected chi connectivity index (χ2v) is 7.97. The number of benzene rings is 3. The van der Waals surface area contributed by atoms with Gasteiger partial charge in [-0.3, -0.25) is 19.3 Å². The largest absolute Gasteiger partial charge is 0.497 e. The second kappa shape index (κ2) is 10.2. The molecular formula is C26H22ClN3O4. The van der Waals surface area contributed by atoms with E-state index in [4.69, 9.17) is 16.3 Å². The first-order chi connectivity index (χ1) is 16.5. The van der Waals surface area contributed by atoms with Gasteiger partial charge in [-0.25, -0.2) is 0 Å². The van der Waals surface area contributed by atoms with E-state index >= 15 is 0 Å². The number of nitrogens with one attached hydrogen (secondary N) is 2. The molecule has 1 aliphatic rings. The van der Waals surface area contributed by atoms with Crippen LogP contribution in [-0.2, 0) is 14.4 Å². The van der Waals surface area contributed by atoms with Gasteiger partial charge >= 0.3 is 0 Å². The molecule has 3 amide bonds. The highest BCUT2D eigenvalue weighted by Crippen LogP contribution is 2.33. The average Bonchev–Trinajstić information content (AvgIpc) is 2.84. The monoisotopic (exact) mass is 475 g/mol. The van der Waals surface area contributed by atoms with Gasteiger partial charge < -0.3 is 15.4 Å². The molecule has 2 N–H and O–H groups in total. The summed E-state index contributed by atoms with van der Waals surface area (Å²) in [5, 5.41) is 6.05. The molecule has 0 unspecified atom stereocenters. The Bertz CT molecular complexity index is 1260. The minimum Gasteiger partial charge on any atom is -0.497 e. The van der Waals surface area contributed by atoms with Gasteiger partial charge in [0.05, 0.1) is 24.9 Å². The molecule has 0 saturated heterocycles. The molecule has 1 aliphatic heterocycles. The Hall–Kier alpha value is -4.10. The van der Waals surface area contributed by atoms with Crippen molar-refractivity contribution in [1.29, 1.82) is 0 Å². The van der Waals surface area contributed by atoms with Crippen molar-refractivity contribution < 1.29 is 19.1 Å². The molecule has 1 atom stereocenters. The minimum absolute atomic E-state index is 0.224. The van der Waals surface area contributed by atoms with Crippen molar-refractivity contribution >= 4 is 52.5 Å². The minimum atomic E-state index is -1.03. The highest BCUT2D eigenvalue weighted by molar-refractivity contribution is 6.32. The normalized spacial score (nSPS) is 14.9. The Balaban J connectivity index is 1.58. The van der Waals surface area contributed by atoms with Gasteiger partial charge in [-0.1, -0.05) is 41.9 Å². The van der Waals surface area contributed by atoms with Crippen molar-refractivity contribution in [1.82, 2.24) is 0 Å². The van der Waals surface area contributed by atoms with E-state index in [0.29, 0.717) is 33.4 Å². The molecule has 0 fully saturated rings. The fraction of sp³-hybridized carbons (Fsp3) is 0.115. The van der Waals surface area contributed by atoms with Gasteiger partial charge in [0.25, 0.3) is 5.91 Å². The standard InChI is InChI=1S/C26H22ClN3O4/c1-34-19-13-11-18(12-14-19)28-24(31)16-23-26(33)29-21-8-4-5-9-22(21)30(23)25(32)15-10-17-6-2-3-7-20(17)27/h2-15,23H,16H2,1H3,(H,28,31)(H,29,33)/b15-10+/t23-/m1/s1. The number of ether oxygens (including phenoxy) is 1. The fourth-order valence-electron chi connectivity index (χ4n) is 3.66. The fourth-order valence-corrected chi connectivity index (χ4v) is 3.86. The molecule has 0 saturated carbocycles. The van der Waals surface area contributed by atoms with Crippen LogP contribution in [0.15, 0.2) is 78.9 Å². The average molecular weight is 476 g/mol. The number of methoxy groups -OCH3 is 1. The summed E-state index contributed by atoms with van der Waals surface area (Å²) in [6, 6.07) is 19.9. The first-order valence-electron chi connectivity index (χ1n) is 10.6. The van der Waals surface area contributed by atoms with Crippen LogP contribution in [0.25, 0.3) is 6.08 Å². The Morgan fingerprint density at radius 1 is 1.06 bits per heavy atom. The molecule has 4 rings (SSSR count). The quantitative estimate of drug-likeness (QED) is 0.504. The number of nitrogens with zero attached hydrogens (tertiary/aromatic N) is 1. The maximum absolute atomic E-state index is 13.3. The van der Waals surface area contributed by atoms with Gasteiger partial charge in [0.1, 0.15) is 11.8 Å². The van der Waals surface area contributed by atoms with Crippen LogP contribution in [0.1, 0.15) is 12.0 Å². The molecule has 7 nitrogen and oxygen atoms in total. The molecule has 0 radical (unpaired) electrons. The Kier molecular flexibility index (Phi) is 6.94. The predicted molar refractivity (Wildman–Crippen MR) is 133 cm³/mol. The van der Waals surface area contributed by atoms with Crippen LogP contribution < -0.4 is 20.3 Å². The van der Waals surface area contributed by atoms with E-state index in [1.807, 2.05) is 6.07 Å². The summed E-state index contributed by atoms with van der Waals surface area (Å²) >= 11 is 6.19. The van der Waals surface area contributed by atoms with Crippen LogP contribution in [0.4, 0.5) is 17.1 Å². The van der Waals surface area contributed by atoms with E-state index in [-0.39, 0.29) is 6.42 Å². The molecule has 3 aromatic rings. The van der Waals surface area contributed by atoms with Gasteiger partial charge in [0, 0.05) is 16.8 Å². The van der Waals surface area contributed by atoms with Crippen molar-refractivity contribution in [3.05, 3.63) is 89.5 Å². The number of fused-ring (bicyclic) bond motifs is 1. The van der Waals surface area contributed by atoms with Crippen LogP contribution in [0.3, 0.4) is 0 Å². The second-order valence-electron chi connectivity index (χ2n) is 7.57. The summed E-state index contributed by atoms with van der Waals surface area (Å²) in [4.78, 5) is 40.3. The SMILES string of the molecule is COc1ccc(NC(=O)C[C@@H]2C(=O)Nc3ccccc3N2C(=O)/C=C/c2ccccc2Cl)cc1. The maximum Gasteiger partial charge on any atom is 0.251 e. The number of halogens is 1. The summed E-state index contributed by atoms with van der Waals surface area (Å²) in [5.41, 5.74) is 2.23. The van der Waals surface area contributed by atoms with Crippen LogP contribution in [0.5, 0.6) is 5.75 Å². The number of carbonyl (C=O) groups excluding carboxylic acids is 3. The third kappa shape index (κ3) is 5.10.